The van der Waals surface area contributed by atoms with E-state index in [4.69, 9.17) is 4.74 Å². The van der Waals surface area contributed by atoms with Crippen LogP contribution in [0, 0.1) is 5.92 Å². The Labute approximate surface area is 86.3 Å². The quantitative estimate of drug-likeness (QED) is 0.499. The lowest BCUT2D eigenvalue weighted by molar-refractivity contribution is -0.135. The van der Waals surface area contributed by atoms with E-state index in [-0.39, 0.29) is 5.97 Å². The molecule has 0 amide bonds. The van der Waals surface area contributed by atoms with Crippen LogP contribution in [-0.4, -0.2) is 12.6 Å². The highest BCUT2D eigenvalue weighted by Gasteiger charge is 2.19. The Morgan fingerprint density at radius 3 is 2.79 bits per heavy atom. The zero-order valence-electron chi connectivity index (χ0n) is 9.21. The van der Waals surface area contributed by atoms with Gasteiger partial charge in [0.05, 0.1) is 6.61 Å². The average Bonchev–Trinajstić information content (AvgIpc) is 2.59. The summed E-state index contributed by atoms with van der Waals surface area (Å²) in [6, 6.07) is 0. The molecule has 0 aliphatic carbocycles. The van der Waals surface area contributed by atoms with Crippen LogP contribution in [0.4, 0.5) is 0 Å². The van der Waals surface area contributed by atoms with Crippen molar-refractivity contribution in [1.82, 2.24) is 0 Å². The summed E-state index contributed by atoms with van der Waals surface area (Å²) in [5, 5.41) is 0. The maximum Gasteiger partial charge on any atom is 0.333 e. The van der Waals surface area contributed by atoms with E-state index >= 15 is 0 Å². The Morgan fingerprint density at radius 1 is 1.50 bits per heavy atom. The van der Waals surface area contributed by atoms with Gasteiger partial charge in [-0.3, -0.25) is 0 Å². The number of hydrogen-bond donors (Lipinski definition) is 0. The predicted molar refractivity (Wildman–Crippen MR) is 57.0 cm³/mol. The normalized spacial score (nSPS) is 21.3. The molecular weight excluding hydrogens is 176 g/mol. The van der Waals surface area contributed by atoms with E-state index in [1.807, 2.05) is 0 Å². The van der Waals surface area contributed by atoms with Crippen molar-refractivity contribution in [3.05, 3.63) is 11.6 Å². The standard InChI is InChI=1S/C12H20O2/c1-3-5-6-10(4-2)9-11-7-8-14-12(11)13/h9-10H,3-8H2,1-2H3/b11-9+. The highest BCUT2D eigenvalue weighted by molar-refractivity contribution is 5.90. The second-order valence-electron chi connectivity index (χ2n) is 3.89. The first-order valence-corrected chi connectivity index (χ1v) is 5.65. The monoisotopic (exact) mass is 196 g/mol. The van der Waals surface area contributed by atoms with Gasteiger partial charge in [0.25, 0.3) is 0 Å². The molecule has 2 heteroatoms. The van der Waals surface area contributed by atoms with Crippen molar-refractivity contribution in [1.29, 1.82) is 0 Å². The molecule has 1 rings (SSSR count). The number of unbranched alkanes of at least 4 members (excludes halogenated alkanes) is 1. The van der Waals surface area contributed by atoms with Gasteiger partial charge in [-0.1, -0.05) is 32.8 Å². The number of carbonyl (C=O) groups excluding carboxylic acids is 1. The molecule has 1 unspecified atom stereocenters. The third kappa shape index (κ3) is 3.17. The fraction of sp³-hybridized carbons (Fsp3) is 0.750. The lowest BCUT2D eigenvalue weighted by atomic mass is 9.96. The molecule has 0 spiro atoms. The SMILES string of the molecule is CCCCC(/C=C1\CCOC1=O)CC. The van der Waals surface area contributed by atoms with Crippen LogP contribution in [-0.2, 0) is 9.53 Å². The van der Waals surface area contributed by atoms with Gasteiger partial charge in [-0.2, -0.15) is 0 Å². The number of esters is 1. The molecule has 1 fully saturated rings. The summed E-state index contributed by atoms with van der Waals surface area (Å²) in [6.45, 7) is 4.95. The molecule has 0 aromatic carbocycles. The van der Waals surface area contributed by atoms with Crippen molar-refractivity contribution in [2.45, 2.75) is 46.0 Å². The summed E-state index contributed by atoms with van der Waals surface area (Å²) in [4.78, 5) is 11.2. The third-order valence-corrected chi connectivity index (χ3v) is 2.76. The summed E-state index contributed by atoms with van der Waals surface area (Å²) in [7, 11) is 0. The van der Waals surface area contributed by atoms with Gasteiger partial charge in [-0.05, 0) is 18.8 Å². The fourth-order valence-electron chi connectivity index (χ4n) is 1.76. The van der Waals surface area contributed by atoms with Crippen molar-refractivity contribution < 1.29 is 9.53 Å². The number of rotatable bonds is 5. The Bertz CT molecular complexity index is 218. The van der Waals surface area contributed by atoms with E-state index in [9.17, 15) is 4.79 Å². The average molecular weight is 196 g/mol. The minimum atomic E-state index is -0.0973. The van der Waals surface area contributed by atoms with Gasteiger partial charge < -0.3 is 4.74 Å². The van der Waals surface area contributed by atoms with Gasteiger partial charge >= 0.3 is 5.97 Å². The summed E-state index contributed by atoms with van der Waals surface area (Å²) >= 11 is 0. The molecule has 0 aromatic rings. The summed E-state index contributed by atoms with van der Waals surface area (Å²) in [6.07, 6.45) is 7.73. The zero-order valence-corrected chi connectivity index (χ0v) is 9.21. The van der Waals surface area contributed by atoms with E-state index < -0.39 is 0 Å². The summed E-state index contributed by atoms with van der Waals surface area (Å²) in [5.74, 6) is 0.468. The molecule has 0 aromatic heterocycles. The molecule has 80 valence electrons. The van der Waals surface area contributed by atoms with Gasteiger partial charge in [-0.25, -0.2) is 4.79 Å². The lowest BCUT2D eigenvalue weighted by Crippen LogP contribution is -2.00. The summed E-state index contributed by atoms with van der Waals surface area (Å²) in [5.41, 5.74) is 0.896. The molecule has 0 N–H and O–H groups in total. The van der Waals surface area contributed by atoms with Crippen molar-refractivity contribution >= 4 is 5.97 Å². The fourth-order valence-corrected chi connectivity index (χ4v) is 1.76. The van der Waals surface area contributed by atoms with Gasteiger partial charge in [0.2, 0.25) is 0 Å². The Kier molecular flexibility index (Phi) is 4.71. The second-order valence-corrected chi connectivity index (χ2v) is 3.89. The number of allylic oxidation sites excluding steroid dienone is 1. The smallest absolute Gasteiger partial charge is 0.333 e. The Balaban J connectivity index is 2.48. The molecule has 14 heavy (non-hydrogen) atoms. The Morgan fingerprint density at radius 2 is 2.29 bits per heavy atom. The molecule has 1 saturated heterocycles. The summed E-state index contributed by atoms with van der Waals surface area (Å²) < 4.78 is 4.91. The first-order chi connectivity index (χ1) is 6.77. The number of carbonyl (C=O) groups is 1. The van der Waals surface area contributed by atoms with Gasteiger partial charge in [0.15, 0.2) is 0 Å². The predicted octanol–water partition coefficient (Wildman–Crippen LogP) is 3.08. The van der Waals surface area contributed by atoms with Crippen molar-refractivity contribution in [3.8, 4) is 0 Å². The minimum absolute atomic E-state index is 0.0973. The van der Waals surface area contributed by atoms with E-state index in [1.54, 1.807) is 0 Å². The van der Waals surface area contributed by atoms with Crippen LogP contribution in [0.1, 0.15) is 46.0 Å². The molecule has 1 aliphatic heterocycles. The van der Waals surface area contributed by atoms with Gasteiger partial charge in [-0.15, -0.1) is 0 Å². The first kappa shape index (κ1) is 11.3. The van der Waals surface area contributed by atoms with Crippen LogP contribution in [0.5, 0.6) is 0 Å². The van der Waals surface area contributed by atoms with Crippen LogP contribution >= 0.6 is 0 Å². The molecule has 1 atom stereocenters. The lowest BCUT2D eigenvalue weighted by Gasteiger charge is -2.09. The second kappa shape index (κ2) is 5.84. The topological polar surface area (TPSA) is 26.3 Å². The number of cyclic esters (lactones) is 1. The van der Waals surface area contributed by atoms with Gasteiger partial charge in [0, 0.05) is 12.0 Å². The van der Waals surface area contributed by atoms with Crippen molar-refractivity contribution in [2.75, 3.05) is 6.61 Å². The number of hydrogen-bond acceptors (Lipinski definition) is 2. The highest BCUT2D eigenvalue weighted by atomic mass is 16.5. The first-order valence-electron chi connectivity index (χ1n) is 5.65. The van der Waals surface area contributed by atoms with Crippen LogP contribution in [0.3, 0.4) is 0 Å². The molecule has 0 radical (unpaired) electrons. The number of ether oxygens (including phenoxy) is 1. The minimum Gasteiger partial charge on any atom is -0.462 e. The molecule has 0 bridgehead atoms. The largest absolute Gasteiger partial charge is 0.462 e. The van der Waals surface area contributed by atoms with Crippen LogP contribution in [0.25, 0.3) is 0 Å². The zero-order chi connectivity index (χ0) is 10.4. The molecule has 1 heterocycles. The molecular formula is C12H20O2. The van der Waals surface area contributed by atoms with E-state index in [0.717, 1.165) is 18.4 Å². The molecule has 1 aliphatic rings. The van der Waals surface area contributed by atoms with E-state index in [1.165, 1.54) is 19.3 Å². The molecule has 2 nitrogen and oxygen atoms in total. The maximum atomic E-state index is 11.2. The van der Waals surface area contributed by atoms with Gasteiger partial charge in [0.1, 0.15) is 0 Å². The van der Waals surface area contributed by atoms with Crippen LogP contribution in [0.2, 0.25) is 0 Å². The molecule has 0 saturated carbocycles. The van der Waals surface area contributed by atoms with E-state index in [2.05, 4.69) is 19.9 Å². The van der Waals surface area contributed by atoms with Crippen LogP contribution < -0.4 is 0 Å². The van der Waals surface area contributed by atoms with Crippen molar-refractivity contribution in [2.24, 2.45) is 5.92 Å². The Hall–Kier alpha value is -0.790. The third-order valence-electron chi connectivity index (χ3n) is 2.76. The van der Waals surface area contributed by atoms with Crippen molar-refractivity contribution in [3.63, 3.8) is 0 Å². The van der Waals surface area contributed by atoms with Crippen LogP contribution in [0.15, 0.2) is 11.6 Å². The highest BCUT2D eigenvalue weighted by Crippen LogP contribution is 2.21. The maximum absolute atomic E-state index is 11.2. The van der Waals surface area contributed by atoms with E-state index in [0.29, 0.717) is 12.5 Å².